The zero-order valence-electron chi connectivity index (χ0n) is 18.2. The number of hydrogen-bond acceptors (Lipinski definition) is 6. The number of likely N-dealkylation sites (tertiary alicyclic amines) is 1. The molecule has 1 saturated heterocycles. The van der Waals surface area contributed by atoms with Crippen molar-refractivity contribution in [2.45, 2.75) is 31.6 Å². The predicted molar refractivity (Wildman–Crippen MR) is 118 cm³/mol. The first kappa shape index (κ1) is 21.6. The number of benzene rings is 1. The van der Waals surface area contributed by atoms with Crippen LogP contribution in [0.5, 0.6) is 5.75 Å². The molecule has 4 heterocycles. The summed E-state index contributed by atoms with van der Waals surface area (Å²) in [5.41, 5.74) is 8.60. The largest absolute Gasteiger partial charge is 0.494 e. The maximum absolute atomic E-state index is 14.1. The van der Waals surface area contributed by atoms with E-state index in [-0.39, 0.29) is 18.2 Å². The summed E-state index contributed by atoms with van der Waals surface area (Å²) in [6.45, 7) is 2.46. The third-order valence-electron chi connectivity index (χ3n) is 6.02. The SMILES string of the molecule is COc1cc(C)cc2ccc(-c3nnc4ccc(C(N5CCC(N)C5)C(F)(F)F)cn34)nc12. The van der Waals surface area contributed by atoms with Crippen molar-refractivity contribution in [1.29, 1.82) is 0 Å². The van der Waals surface area contributed by atoms with Crippen molar-refractivity contribution in [2.75, 3.05) is 20.2 Å². The number of aryl methyl sites for hydroxylation is 1. The van der Waals surface area contributed by atoms with Crippen molar-refractivity contribution in [2.24, 2.45) is 5.73 Å². The quantitative estimate of drug-likeness (QED) is 0.502. The van der Waals surface area contributed by atoms with Crippen molar-refractivity contribution in [3.05, 3.63) is 53.7 Å². The maximum Gasteiger partial charge on any atom is 0.408 e. The number of nitrogens with zero attached hydrogens (tertiary/aromatic N) is 5. The van der Waals surface area contributed by atoms with Crippen LogP contribution in [0.2, 0.25) is 0 Å². The Morgan fingerprint density at radius 2 is 1.97 bits per heavy atom. The van der Waals surface area contributed by atoms with E-state index in [2.05, 4.69) is 10.2 Å². The Kier molecular flexibility index (Phi) is 5.21. The molecule has 3 aromatic heterocycles. The molecule has 10 heteroatoms. The van der Waals surface area contributed by atoms with Crippen molar-refractivity contribution in [3.63, 3.8) is 0 Å². The van der Waals surface area contributed by atoms with Crippen LogP contribution in [0.25, 0.3) is 28.1 Å². The summed E-state index contributed by atoms with van der Waals surface area (Å²) in [5, 5.41) is 9.24. The van der Waals surface area contributed by atoms with Crippen molar-refractivity contribution < 1.29 is 17.9 Å². The number of rotatable bonds is 4. The van der Waals surface area contributed by atoms with E-state index < -0.39 is 12.2 Å². The average Bonchev–Trinajstić information content (AvgIpc) is 3.38. The maximum atomic E-state index is 14.1. The van der Waals surface area contributed by atoms with Gasteiger partial charge in [-0.1, -0.05) is 12.1 Å². The van der Waals surface area contributed by atoms with Crippen LogP contribution in [-0.2, 0) is 0 Å². The molecule has 2 unspecified atom stereocenters. The highest BCUT2D eigenvalue weighted by Gasteiger charge is 2.46. The Labute approximate surface area is 188 Å². The summed E-state index contributed by atoms with van der Waals surface area (Å²) in [4.78, 5) is 6.08. The van der Waals surface area contributed by atoms with Crippen molar-refractivity contribution >= 4 is 16.6 Å². The molecule has 2 atom stereocenters. The van der Waals surface area contributed by atoms with Gasteiger partial charge in [-0.05, 0) is 48.7 Å². The molecular formula is C23H23F3N6O. The molecule has 5 rings (SSSR count). The van der Waals surface area contributed by atoms with Crippen LogP contribution < -0.4 is 10.5 Å². The molecule has 0 amide bonds. The van der Waals surface area contributed by atoms with Crippen LogP contribution in [0.3, 0.4) is 0 Å². The summed E-state index contributed by atoms with van der Waals surface area (Å²) < 4.78 is 49.3. The van der Waals surface area contributed by atoms with Crippen LogP contribution in [0.4, 0.5) is 13.2 Å². The lowest BCUT2D eigenvalue weighted by atomic mass is 10.1. The third kappa shape index (κ3) is 3.89. The first-order chi connectivity index (χ1) is 15.7. The molecule has 7 nitrogen and oxygen atoms in total. The number of aromatic nitrogens is 4. The number of nitrogens with two attached hydrogens (primary N) is 1. The van der Waals surface area contributed by atoms with E-state index in [9.17, 15) is 13.2 Å². The van der Waals surface area contributed by atoms with E-state index in [1.54, 1.807) is 23.6 Å². The van der Waals surface area contributed by atoms with Gasteiger partial charge in [-0.15, -0.1) is 10.2 Å². The molecule has 2 N–H and O–H groups in total. The van der Waals surface area contributed by atoms with Gasteiger partial charge in [0, 0.05) is 30.7 Å². The minimum atomic E-state index is -4.45. The first-order valence-electron chi connectivity index (χ1n) is 10.6. The van der Waals surface area contributed by atoms with Crippen LogP contribution in [0.15, 0.2) is 42.6 Å². The van der Waals surface area contributed by atoms with E-state index in [1.165, 1.54) is 17.2 Å². The van der Waals surface area contributed by atoms with Gasteiger partial charge in [0.15, 0.2) is 11.5 Å². The molecule has 1 fully saturated rings. The molecule has 0 spiro atoms. The van der Waals surface area contributed by atoms with Gasteiger partial charge in [-0.25, -0.2) is 4.98 Å². The summed E-state index contributed by atoms with van der Waals surface area (Å²) in [6.07, 6.45) is -2.46. The van der Waals surface area contributed by atoms with Crippen LogP contribution >= 0.6 is 0 Å². The van der Waals surface area contributed by atoms with Gasteiger partial charge < -0.3 is 10.5 Å². The van der Waals surface area contributed by atoms with E-state index in [0.717, 1.165) is 10.9 Å². The molecule has 172 valence electrons. The number of alkyl halides is 3. The van der Waals surface area contributed by atoms with Gasteiger partial charge in [-0.3, -0.25) is 9.30 Å². The fourth-order valence-corrected chi connectivity index (χ4v) is 4.53. The highest BCUT2D eigenvalue weighted by molar-refractivity contribution is 5.87. The van der Waals surface area contributed by atoms with E-state index in [0.29, 0.717) is 41.4 Å². The molecule has 33 heavy (non-hydrogen) atoms. The Morgan fingerprint density at radius 3 is 2.67 bits per heavy atom. The number of ether oxygens (including phenoxy) is 1. The fraction of sp³-hybridized carbons (Fsp3) is 0.348. The Bertz CT molecular complexity index is 1340. The van der Waals surface area contributed by atoms with E-state index >= 15 is 0 Å². The van der Waals surface area contributed by atoms with Gasteiger partial charge in [0.2, 0.25) is 0 Å². The predicted octanol–water partition coefficient (Wildman–Crippen LogP) is 3.90. The Morgan fingerprint density at radius 1 is 1.15 bits per heavy atom. The zero-order chi connectivity index (χ0) is 23.3. The second kappa shape index (κ2) is 7.96. The molecule has 1 aromatic carbocycles. The van der Waals surface area contributed by atoms with Gasteiger partial charge in [0.1, 0.15) is 23.0 Å². The van der Waals surface area contributed by atoms with Crippen molar-refractivity contribution in [1.82, 2.24) is 24.5 Å². The lowest BCUT2D eigenvalue weighted by Gasteiger charge is -2.30. The van der Waals surface area contributed by atoms with E-state index in [1.807, 2.05) is 25.1 Å². The number of halogens is 3. The lowest BCUT2D eigenvalue weighted by Crippen LogP contribution is -2.38. The van der Waals surface area contributed by atoms with Gasteiger partial charge in [-0.2, -0.15) is 13.2 Å². The molecular weight excluding hydrogens is 433 g/mol. The zero-order valence-corrected chi connectivity index (χ0v) is 18.2. The second-order valence-corrected chi connectivity index (χ2v) is 8.44. The second-order valence-electron chi connectivity index (χ2n) is 8.44. The summed E-state index contributed by atoms with van der Waals surface area (Å²) >= 11 is 0. The van der Waals surface area contributed by atoms with Crippen LogP contribution in [-0.4, -0.2) is 56.9 Å². The monoisotopic (exact) mass is 456 g/mol. The molecule has 0 radical (unpaired) electrons. The average molecular weight is 456 g/mol. The Hall–Kier alpha value is -3.24. The first-order valence-corrected chi connectivity index (χ1v) is 10.6. The minimum absolute atomic E-state index is 0.110. The molecule has 1 aliphatic rings. The smallest absolute Gasteiger partial charge is 0.408 e. The summed E-state index contributed by atoms with van der Waals surface area (Å²) in [7, 11) is 1.57. The van der Waals surface area contributed by atoms with Crippen LogP contribution in [0.1, 0.15) is 23.6 Å². The number of pyridine rings is 2. The molecule has 4 aromatic rings. The summed E-state index contributed by atoms with van der Waals surface area (Å²) in [5.74, 6) is 0.972. The van der Waals surface area contributed by atoms with Gasteiger partial charge >= 0.3 is 6.18 Å². The Balaban J connectivity index is 1.62. The van der Waals surface area contributed by atoms with Crippen molar-refractivity contribution in [3.8, 4) is 17.3 Å². The number of hydrogen-bond donors (Lipinski definition) is 1. The number of fused-ring (bicyclic) bond motifs is 2. The third-order valence-corrected chi connectivity index (χ3v) is 6.02. The normalized spacial score (nSPS) is 18.3. The van der Waals surface area contributed by atoms with E-state index in [4.69, 9.17) is 15.5 Å². The molecule has 0 aliphatic carbocycles. The summed E-state index contributed by atoms with van der Waals surface area (Å²) in [6, 6.07) is 8.54. The topological polar surface area (TPSA) is 81.6 Å². The molecule has 0 bridgehead atoms. The highest BCUT2D eigenvalue weighted by atomic mass is 19.4. The minimum Gasteiger partial charge on any atom is -0.494 e. The van der Waals surface area contributed by atoms with Gasteiger partial charge in [0.25, 0.3) is 0 Å². The molecule has 1 aliphatic heterocycles. The lowest BCUT2D eigenvalue weighted by molar-refractivity contribution is -0.183. The van der Waals surface area contributed by atoms with Gasteiger partial charge in [0.05, 0.1) is 7.11 Å². The fourth-order valence-electron chi connectivity index (χ4n) is 4.53. The highest BCUT2D eigenvalue weighted by Crippen LogP contribution is 2.39. The van der Waals surface area contributed by atoms with Crippen LogP contribution in [0, 0.1) is 6.92 Å². The number of methoxy groups -OCH3 is 1. The standard InChI is InChI=1S/C23H23F3N6O/c1-13-9-14-3-5-17(28-20(14)18(10-13)33-2)22-30-29-19-6-4-15(11-32(19)22)21(23(24,25)26)31-8-7-16(27)12-31/h3-6,9-11,16,21H,7-8,12,27H2,1-2H3. The molecule has 0 saturated carbocycles.